The maximum absolute atomic E-state index is 13.1. The Bertz CT molecular complexity index is 1030. The van der Waals surface area contributed by atoms with Crippen LogP contribution in [0.15, 0.2) is 48.7 Å². The molecule has 31 heavy (non-hydrogen) atoms. The summed E-state index contributed by atoms with van der Waals surface area (Å²) >= 11 is 0. The number of rotatable bonds is 5. The average molecular weight is 433 g/mol. The summed E-state index contributed by atoms with van der Waals surface area (Å²) in [5.74, 6) is -4.85. The molecular formula is C21H18F3N3O4. The highest BCUT2D eigenvalue weighted by molar-refractivity contribution is 6.08. The highest BCUT2D eigenvalue weighted by atomic mass is 19.4. The SMILES string of the molecule is O=C(O)C1NC(c2cccc(C(F)(F)F)c2)C2C(=O)N(CCc3ccccn3)C(=O)C12. The maximum Gasteiger partial charge on any atom is 0.416 e. The van der Waals surface area contributed by atoms with Gasteiger partial charge in [-0.1, -0.05) is 18.2 Å². The molecule has 10 heteroatoms. The number of benzene rings is 1. The van der Waals surface area contributed by atoms with Crippen LogP contribution in [0.25, 0.3) is 0 Å². The number of fused-ring (bicyclic) bond motifs is 1. The average Bonchev–Trinajstić information content (AvgIpc) is 3.24. The Morgan fingerprint density at radius 2 is 1.84 bits per heavy atom. The number of amides is 2. The van der Waals surface area contributed by atoms with E-state index in [-0.39, 0.29) is 18.5 Å². The summed E-state index contributed by atoms with van der Waals surface area (Å²) in [4.78, 5) is 42.9. The third-order valence-corrected chi connectivity index (χ3v) is 5.72. The van der Waals surface area contributed by atoms with Gasteiger partial charge in [0.2, 0.25) is 11.8 Å². The standard InChI is InChI=1S/C21H18F3N3O4/c22-21(23,24)12-5-3-4-11(10-12)16-14-15(17(26-16)20(30)31)19(29)27(18(14)28)9-7-13-6-1-2-8-25-13/h1-6,8,10,14-17,26H,7,9H2,(H,30,31). The number of carbonyl (C=O) groups excluding carboxylic acids is 2. The first-order valence-electron chi connectivity index (χ1n) is 9.59. The van der Waals surface area contributed by atoms with Crippen LogP contribution in [0, 0.1) is 11.8 Å². The van der Waals surface area contributed by atoms with Gasteiger partial charge in [0.25, 0.3) is 0 Å². The molecule has 1 aromatic carbocycles. The Hall–Kier alpha value is -3.27. The predicted octanol–water partition coefficient (Wildman–Crippen LogP) is 2.04. The van der Waals surface area contributed by atoms with Crippen molar-refractivity contribution in [2.75, 3.05) is 6.54 Å². The molecule has 7 nitrogen and oxygen atoms in total. The molecule has 162 valence electrons. The van der Waals surface area contributed by atoms with Crippen molar-refractivity contribution in [3.8, 4) is 0 Å². The van der Waals surface area contributed by atoms with Crippen molar-refractivity contribution in [3.05, 3.63) is 65.5 Å². The lowest BCUT2D eigenvalue weighted by atomic mass is 9.86. The summed E-state index contributed by atoms with van der Waals surface area (Å²) in [6.07, 6.45) is -2.73. The van der Waals surface area contributed by atoms with Crippen molar-refractivity contribution in [3.63, 3.8) is 0 Å². The fourth-order valence-electron chi connectivity index (χ4n) is 4.31. The van der Waals surface area contributed by atoms with Crippen LogP contribution < -0.4 is 5.32 Å². The van der Waals surface area contributed by atoms with Gasteiger partial charge in [0.15, 0.2) is 0 Å². The number of carboxylic acid groups (broad SMARTS) is 1. The molecule has 2 aliphatic heterocycles. The first-order valence-corrected chi connectivity index (χ1v) is 9.59. The fourth-order valence-corrected chi connectivity index (χ4v) is 4.31. The second-order valence-corrected chi connectivity index (χ2v) is 7.53. The van der Waals surface area contributed by atoms with E-state index in [0.29, 0.717) is 5.69 Å². The summed E-state index contributed by atoms with van der Waals surface area (Å²) in [6, 6.07) is 7.19. The van der Waals surface area contributed by atoms with E-state index < -0.39 is 53.4 Å². The van der Waals surface area contributed by atoms with Crippen LogP contribution >= 0.6 is 0 Å². The number of carbonyl (C=O) groups is 3. The highest BCUT2D eigenvalue weighted by Gasteiger charge is 2.60. The number of likely N-dealkylation sites (tertiary alicyclic amines) is 1. The number of hydrogen-bond donors (Lipinski definition) is 2. The van der Waals surface area contributed by atoms with Gasteiger partial charge < -0.3 is 5.11 Å². The lowest BCUT2D eigenvalue weighted by Crippen LogP contribution is -2.43. The molecule has 1 aromatic heterocycles. The van der Waals surface area contributed by atoms with Gasteiger partial charge in [-0.2, -0.15) is 13.2 Å². The number of nitrogens with zero attached hydrogens (tertiary/aromatic N) is 2. The highest BCUT2D eigenvalue weighted by Crippen LogP contribution is 2.44. The van der Waals surface area contributed by atoms with Gasteiger partial charge in [-0.05, 0) is 29.8 Å². The smallest absolute Gasteiger partial charge is 0.416 e. The molecule has 4 atom stereocenters. The first kappa shape index (κ1) is 21.0. The summed E-state index contributed by atoms with van der Waals surface area (Å²) in [5.41, 5.74) is -0.144. The van der Waals surface area contributed by atoms with Gasteiger partial charge in [-0.25, -0.2) is 0 Å². The summed E-state index contributed by atoms with van der Waals surface area (Å²) in [5, 5.41) is 12.3. The number of alkyl halides is 3. The number of pyridine rings is 1. The predicted molar refractivity (Wildman–Crippen MR) is 100 cm³/mol. The normalized spacial score (nSPS) is 25.7. The summed E-state index contributed by atoms with van der Waals surface area (Å²) in [6.45, 7) is 0.0172. The number of nitrogens with one attached hydrogen (secondary N) is 1. The topological polar surface area (TPSA) is 99.6 Å². The zero-order chi connectivity index (χ0) is 22.3. The lowest BCUT2D eigenvalue weighted by Gasteiger charge is -2.22. The van der Waals surface area contributed by atoms with Crippen molar-refractivity contribution < 1.29 is 32.7 Å². The number of carboxylic acids is 1. The van der Waals surface area contributed by atoms with Gasteiger partial charge in [0, 0.05) is 30.9 Å². The van der Waals surface area contributed by atoms with Crippen LogP contribution in [0.4, 0.5) is 13.2 Å². The number of aliphatic carboxylic acids is 1. The van der Waals surface area contributed by atoms with Gasteiger partial charge in [-0.15, -0.1) is 0 Å². The minimum atomic E-state index is -4.59. The van der Waals surface area contributed by atoms with Crippen LogP contribution in [-0.4, -0.2) is 45.4 Å². The lowest BCUT2D eigenvalue weighted by molar-refractivity contribution is -0.146. The second-order valence-electron chi connectivity index (χ2n) is 7.53. The molecule has 4 unspecified atom stereocenters. The van der Waals surface area contributed by atoms with Crippen LogP contribution in [0.3, 0.4) is 0 Å². The van der Waals surface area contributed by atoms with Crippen molar-refractivity contribution in [1.29, 1.82) is 0 Å². The minimum Gasteiger partial charge on any atom is -0.480 e. The molecule has 2 aromatic rings. The number of aromatic nitrogens is 1. The third-order valence-electron chi connectivity index (χ3n) is 5.72. The van der Waals surface area contributed by atoms with E-state index in [1.807, 2.05) is 0 Å². The van der Waals surface area contributed by atoms with Gasteiger partial charge in [-0.3, -0.25) is 29.6 Å². The third kappa shape index (κ3) is 3.78. The molecule has 2 aliphatic rings. The van der Waals surface area contributed by atoms with Gasteiger partial charge in [0.1, 0.15) is 6.04 Å². The largest absolute Gasteiger partial charge is 0.480 e. The van der Waals surface area contributed by atoms with Crippen LogP contribution in [0.5, 0.6) is 0 Å². The van der Waals surface area contributed by atoms with Crippen LogP contribution in [0.1, 0.15) is 22.9 Å². The van der Waals surface area contributed by atoms with Crippen LogP contribution in [-0.2, 0) is 27.0 Å². The molecule has 2 saturated heterocycles. The van der Waals surface area contributed by atoms with Crippen molar-refractivity contribution in [2.24, 2.45) is 11.8 Å². The Morgan fingerprint density at radius 1 is 1.10 bits per heavy atom. The van der Waals surface area contributed by atoms with E-state index in [1.165, 1.54) is 12.1 Å². The van der Waals surface area contributed by atoms with E-state index in [9.17, 15) is 32.7 Å². The van der Waals surface area contributed by atoms with Crippen molar-refractivity contribution in [1.82, 2.24) is 15.2 Å². The fraction of sp³-hybridized carbons (Fsp3) is 0.333. The molecule has 3 heterocycles. The number of halogens is 3. The van der Waals surface area contributed by atoms with Crippen molar-refractivity contribution >= 4 is 17.8 Å². The molecule has 2 amide bonds. The Morgan fingerprint density at radius 3 is 2.48 bits per heavy atom. The molecule has 2 fully saturated rings. The van der Waals surface area contributed by atoms with Gasteiger partial charge >= 0.3 is 12.1 Å². The number of imide groups is 1. The molecular weight excluding hydrogens is 415 g/mol. The molecule has 0 aliphatic carbocycles. The molecule has 0 radical (unpaired) electrons. The summed E-state index contributed by atoms with van der Waals surface area (Å²) < 4.78 is 39.4. The monoisotopic (exact) mass is 433 g/mol. The zero-order valence-electron chi connectivity index (χ0n) is 16.0. The zero-order valence-corrected chi connectivity index (χ0v) is 16.0. The molecule has 0 saturated carbocycles. The second kappa shape index (κ2) is 7.77. The first-order chi connectivity index (χ1) is 14.7. The Labute approximate surface area is 174 Å². The van der Waals surface area contributed by atoms with Crippen LogP contribution in [0.2, 0.25) is 0 Å². The molecule has 0 bridgehead atoms. The molecule has 2 N–H and O–H groups in total. The molecule has 0 spiro atoms. The Balaban J connectivity index is 1.64. The molecule has 4 rings (SSSR count). The Kier molecular flexibility index (Phi) is 5.26. The minimum absolute atomic E-state index is 0.0172. The van der Waals surface area contributed by atoms with E-state index in [2.05, 4.69) is 10.3 Å². The summed E-state index contributed by atoms with van der Waals surface area (Å²) in [7, 11) is 0. The maximum atomic E-state index is 13.1. The number of hydrogen-bond acceptors (Lipinski definition) is 5. The van der Waals surface area contributed by atoms with E-state index >= 15 is 0 Å². The van der Waals surface area contributed by atoms with E-state index in [1.54, 1.807) is 24.4 Å². The van der Waals surface area contributed by atoms with Crippen molar-refractivity contribution in [2.45, 2.75) is 24.7 Å². The van der Waals surface area contributed by atoms with E-state index in [4.69, 9.17) is 0 Å². The van der Waals surface area contributed by atoms with Gasteiger partial charge in [0.05, 0.1) is 17.4 Å². The quantitative estimate of drug-likeness (QED) is 0.701. The van der Waals surface area contributed by atoms with E-state index in [0.717, 1.165) is 17.0 Å².